The second kappa shape index (κ2) is 3.98. The lowest BCUT2D eigenvalue weighted by Gasteiger charge is -2.18. The summed E-state index contributed by atoms with van der Waals surface area (Å²) in [6.07, 6.45) is 0.720. The largest absolute Gasteiger partial charge is 0.302 e. The van der Waals surface area contributed by atoms with E-state index in [4.69, 9.17) is 11.6 Å². The summed E-state index contributed by atoms with van der Waals surface area (Å²) >= 11 is 5.88. The molecular formula is C10H10ClNO3. The number of rotatable bonds is 3. The summed E-state index contributed by atoms with van der Waals surface area (Å²) in [5, 5.41) is 10.9. The van der Waals surface area contributed by atoms with Crippen molar-refractivity contribution >= 4 is 23.6 Å². The van der Waals surface area contributed by atoms with Gasteiger partial charge in [0.05, 0.1) is 4.92 Å². The second-order valence-electron chi connectivity index (χ2n) is 3.76. The third-order valence-electron chi connectivity index (χ3n) is 2.15. The minimum atomic E-state index is -0.816. The molecule has 0 radical (unpaired) electrons. The lowest BCUT2D eigenvalue weighted by atomic mass is 9.86. The van der Waals surface area contributed by atoms with Gasteiger partial charge in [0.1, 0.15) is 6.29 Å². The maximum absolute atomic E-state index is 10.8. The molecule has 0 heterocycles. The molecule has 0 saturated heterocycles. The highest BCUT2D eigenvalue weighted by molar-refractivity contribution is 6.31. The molecule has 0 atom stereocenters. The van der Waals surface area contributed by atoms with Crippen LogP contribution in [0.2, 0.25) is 5.02 Å². The summed E-state index contributed by atoms with van der Waals surface area (Å²) in [6.45, 7) is 3.32. The van der Waals surface area contributed by atoms with Gasteiger partial charge < -0.3 is 4.79 Å². The molecular weight excluding hydrogens is 218 g/mol. The zero-order valence-electron chi connectivity index (χ0n) is 8.36. The molecule has 4 nitrogen and oxygen atoms in total. The van der Waals surface area contributed by atoms with Crippen LogP contribution in [0.15, 0.2) is 18.2 Å². The van der Waals surface area contributed by atoms with E-state index in [1.165, 1.54) is 18.2 Å². The number of hydrogen-bond donors (Lipinski definition) is 0. The first-order valence-corrected chi connectivity index (χ1v) is 4.67. The Balaban J connectivity index is 3.34. The lowest BCUT2D eigenvalue weighted by Crippen LogP contribution is -2.19. The number of carbonyl (C=O) groups is 1. The third kappa shape index (κ3) is 2.33. The predicted octanol–water partition coefficient (Wildman–Crippen LogP) is 2.72. The zero-order chi connectivity index (χ0) is 11.6. The number of hydrogen-bond acceptors (Lipinski definition) is 3. The van der Waals surface area contributed by atoms with Crippen LogP contribution in [0.5, 0.6) is 0 Å². The van der Waals surface area contributed by atoms with Gasteiger partial charge in [0.2, 0.25) is 0 Å². The van der Waals surface area contributed by atoms with Crippen LogP contribution in [0.3, 0.4) is 0 Å². The molecule has 15 heavy (non-hydrogen) atoms. The number of aldehydes is 1. The Morgan fingerprint density at radius 2 is 2.07 bits per heavy atom. The Kier molecular flexibility index (Phi) is 3.09. The molecule has 0 unspecified atom stereocenters. The van der Waals surface area contributed by atoms with Crippen LogP contribution in [-0.4, -0.2) is 11.2 Å². The number of nitro benzene ring substituents is 1. The second-order valence-corrected chi connectivity index (χ2v) is 4.17. The Bertz CT molecular complexity index is 415. The molecule has 0 bridgehead atoms. The van der Waals surface area contributed by atoms with Gasteiger partial charge >= 0.3 is 0 Å². The van der Waals surface area contributed by atoms with E-state index in [9.17, 15) is 14.9 Å². The summed E-state index contributed by atoms with van der Waals surface area (Å²) in [4.78, 5) is 20.9. The van der Waals surface area contributed by atoms with E-state index in [0.29, 0.717) is 10.6 Å². The summed E-state index contributed by atoms with van der Waals surface area (Å²) in [5.41, 5.74) is -0.416. The van der Waals surface area contributed by atoms with Gasteiger partial charge in [-0.1, -0.05) is 11.6 Å². The molecule has 0 saturated carbocycles. The minimum Gasteiger partial charge on any atom is -0.302 e. The van der Waals surface area contributed by atoms with E-state index in [1.807, 2.05) is 0 Å². The van der Waals surface area contributed by atoms with E-state index in [2.05, 4.69) is 0 Å². The average molecular weight is 228 g/mol. The molecule has 0 aliphatic rings. The number of benzene rings is 1. The number of halogens is 1. The van der Waals surface area contributed by atoms with Gasteiger partial charge in [-0.15, -0.1) is 0 Å². The highest BCUT2D eigenvalue weighted by atomic mass is 35.5. The van der Waals surface area contributed by atoms with Crippen molar-refractivity contribution in [2.45, 2.75) is 19.3 Å². The quantitative estimate of drug-likeness (QED) is 0.453. The SMILES string of the molecule is CC(C)(C=O)c1cc([N+](=O)[O-])ccc1Cl. The molecule has 0 spiro atoms. The van der Waals surface area contributed by atoms with E-state index in [-0.39, 0.29) is 5.69 Å². The highest BCUT2D eigenvalue weighted by Gasteiger charge is 2.24. The lowest BCUT2D eigenvalue weighted by molar-refractivity contribution is -0.384. The van der Waals surface area contributed by atoms with Crippen molar-refractivity contribution in [1.29, 1.82) is 0 Å². The zero-order valence-corrected chi connectivity index (χ0v) is 9.12. The van der Waals surface area contributed by atoms with Gasteiger partial charge in [-0.05, 0) is 25.5 Å². The molecule has 0 fully saturated rings. The van der Waals surface area contributed by atoms with Gasteiger partial charge in [-0.25, -0.2) is 0 Å². The van der Waals surface area contributed by atoms with Crippen molar-refractivity contribution in [3.05, 3.63) is 38.9 Å². The van der Waals surface area contributed by atoms with Crippen molar-refractivity contribution in [3.8, 4) is 0 Å². The Labute approximate surface area is 92.0 Å². The molecule has 0 aliphatic heterocycles. The Hall–Kier alpha value is -1.42. The van der Waals surface area contributed by atoms with Crippen molar-refractivity contribution in [2.75, 3.05) is 0 Å². The van der Waals surface area contributed by atoms with Crippen LogP contribution in [-0.2, 0) is 10.2 Å². The van der Waals surface area contributed by atoms with Crippen LogP contribution in [0.4, 0.5) is 5.69 Å². The van der Waals surface area contributed by atoms with E-state index in [0.717, 1.165) is 6.29 Å². The summed E-state index contributed by atoms with van der Waals surface area (Å²) < 4.78 is 0. The number of nitro groups is 1. The van der Waals surface area contributed by atoms with Crippen LogP contribution in [0.1, 0.15) is 19.4 Å². The molecule has 0 amide bonds. The fourth-order valence-corrected chi connectivity index (χ4v) is 1.55. The van der Waals surface area contributed by atoms with Gasteiger partial charge in [0.25, 0.3) is 5.69 Å². The van der Waals surface area contributed by atoms with Crippen LogP contribution < -0.4 is 0 Å². The third-order valence-corrected chi connectivity index (χ3v) is 2.48. The fraction of sp³-hybridized carbons (Fsp3) is 0.300. The molecule has 1 aromatic carbocycles. The van der Waals surface area contributed by atoms with Gasteiger partial charge in [0, 0.05) is 22.6 Å². The Morgan fingerprint density at radius 1 is 1.47 bits per heavy atom. The highest BCUT2D eigenvalue weighted by Crippen LogP contribution is 2.31. The topological polar surface area (TPSA) is 60.2 Å². The summed E-state index contributed by atoms with van der Waals surface area (Å²) in [5.74, 6) is 0. The standard InChI is InChI=1S/C10H10ClNO3/c1-10(2,6-13)8-5-7(12(14)15)3-4-9(8)11/h3-6H,1-2H3. The van der Waals surface area contributed by atoms with E-state index >= 15 is 0 Å². The van der Waals surface area contributed by atoms with Crippen molar-refractivity contribution in [3.63, 3.8) is 0 Å². The number of non-ortho nitro benzene ring substituents is 1. The first kappa shape index (κ1) is 11.7. The molecule has 80 valence electrons. The first-order chi connectivity index (χ1) is 6.88. The summed E-state index contributed by atoms with van der Waals surface area (Å²) in [6, 6.07) is 4.07. The van der Waals surface area contributed by atoms with E-state index in [1.54, 1.807) is 13.8 Å². The predicted molar refractivity (Wildman–Crippen MR) is 57.2 cm³/mol. The molecule has 0 N–H and O–H groups in total. The number of nitrogens with zero attached hydrogens (tertiary/aromatic N) is 1. The van der Waals surface area contributed by atoms with Crippen molar-refractivity contribution < 1.29 is 9.72 Å². The fourth-order valence-electron chi connectivity index (χ4n) is 1.18. The monoisotopic (exact) mass is 227 g/mol. The average Bonchev–Trinajstić information content (AvgIpc) is 2.17. The minimum absolute atomic E-state index is 0.0654. The molecule has 0 aromatic heterocycles. The summed E-state index contributed by atoms with van der Waals surface area (Å²) in [7, 11) is 0. The smallest absolute Gasteiger partial charge is 0.269 e. The number of carbonyl (C=O) groups excluding carboxylic acids is 1. The molecule has 5 heteroatoms. The van der Waals surface area contributed by atoms with Crippen molar-refractivity contribution in [2.24, 2.45) is 0 Å². The van der Waals surface area contributed by atoms with Crippen LogP contribution in [0.25, 0.3) is 0 Å². The van der Waals surface area contributed by atoms with Gasteiger partial charge in [-0.2, -0.15) is 0 Å². The first-order valence-electron chi connectivity index (χ1n) is 4.29. The maximum Gasteiger partial charge on any atom is 0.269 e. The Morgan fingerprint density at radius 3 is 2.53 bits per heavy atom. The van der Waals surface area contributed by atoms with Crippen molar-refractivity contribution in [1.82, 2.24) is 0 Å². The van der Waals surface area contributed by atoms with E-state index < -0.39 is 10.3 Å². The molecule has 1 rings (SSSR count). The van der Waals surface area contributed by atoms with Crippen LogP contribution >= 0.6 is 11.6 Å². The van der Waals surface area contributed by atoms with Crippen LogP contribution in [0, 0.1) is 10.1 Å². The van der Waals surface area contributed by atoms with Gasteiger partial charge in [-0.3, -0.25) is 10.1 Å². The maximum atomic E-state index is 10.8. The van der Waals surface area contributed by atoms with Gasteiger partial charge in [0.15, 0.2) is 0 Å². The normalized spacial score (nSPS) is 11.1. The molecule has 1 aromatic rings. The molecule has 0 aliphatic carbocycles.